The number of piperazine rings is 1. The van der Waals surface area contributed by atoms with E-state index in [-0.39, 0.29) is 6.03 Å². The van der Waals surface area contributed by atoms with E-state index in [0.717, 1.165) is 25.2 Å². The summed E-state index contributed by atoms with van der Waals surface area (Å²) in [4.78, 5) is 21.0. The molecule has 1 fully saturated rings. The molecule has 2 N–H and O–H groups in total. The number of hydrogen-bond acceptors (Lipinski definition) is 5. The largest absolute Gasteiger partial charge is 0.444 e. The number of carbonyl (C=O) groups is 1. The summed E-state index contributed by atoms with van der Waals surface area (Å²) in [7, 11) is 4.20. The van der Waals surface area contributed by atoms with Gasteiger partial charge >= 0.3 is 6.03 Å². The summed E-state index contributed by atoms with van der Waals surface area (Å²) in [6.07, 6.45) is 1.58. The number of benzene rings is 1. The minimum atomic E-state index is -0.189. The van der Waals surface area contributed by atoms with Crippen molar-refractivity contribution in [3.63, 3.8) is 0 Å². The molecule has 0 unspecified atom stereocenters. The third-order valence-electron chi connectivity index (χ3n) is 4.48. The maximum absolute atomic E-state index is 12.0. The van der Waals surface area contributed by atoms with Crippen LogP contribution in [0, 0.1) is 0 Å². The van der Waals surface area contributed by atoms with Gasteiger partial charge in [-0.05, 0) is 26.2 Å². The summed E-state index contributed by atoms with van der Waals surface area (Å²) in [5.41, 5.74) is 1.62. The van der Waals surface area contributed by atoms with Gasteiger partial charge in [0.25, 0.3) is 0 Å². The molecule has 1 atom stereocenters. The van der Waals surface area contributed by atoms with E-state index in [0.29, 0.717) is 30.7 Å². The summed E-state index contributed by atoms with van der Waals surface area (Å²) in [5.74, 6) is 0.560. The highest BCUT2D eigenvalue weighted by molar-refractivity contribution is 5.73. The van der Waals surface area contributed by atoms with Crippen LogP contribution >= 0.6 is 0 Å². The van der Waals surface area contributed by atoms with E-state index < -0.39 is 0 Å². The molecule has 0 saturated carbocycles. The standard InChI is InChI=1S/C18H25N5O2/c1-22-8-9-23(2)16(12-22)11-20-18(24)19-10-15-13-25-17(21-15)14-6-4-3-5-7-14/h3-7,13,16H,8-12H2,1-2H3,(H2,19,20,24)/t16-/m1/s1. The van der Waals surface area contributed by atoms with E-state index >= 15 is 0 Å². The molecule has 1 saturated heterocycles. The van der Waals surface area contributed by atoms with Crippen molar-refractivity contribution in [3.8, 4) is 11.5 Å². The second-order valence-electron chi connectivity index (χ2n) is 6.47. The van der Waals surface area contributed by atoms with E-state index in [1.807, 2.05) is 30.3 Å². The SMILES string of the molecule is CN1CCN(C)[C@H](CNC(=O)NCc2coc(-c3ccccc3)n2)C1. The number of aromatic nitrogens is 1. The minimum absolute atomic E-state index is 0.189. The van der Waals surface area contributed by atoms with Gasteiger partial charge in [-0.1, -0.05) is 18.2 Å². The number of urea groups is 1. The zero-order valence-electron chi connectivity index (χ0n) is 14.7. The summed E-state index contributed by atoms with van der Waals surface area (Å²) < 4.78 is 5.47. The lowest BCUT2D eigenvalue weighted by atomic mass is 10.2. The summed E-state index contributed by atoms with van der Waals surface area (Å²) >= 11 is 0. The first-order valence-corrected chi connectivity index (χ1v) is 8.52. The van der Waals surface area contributed by atoms with Crippen LogP contribution in [0.15, 0.2) is 41.0 Å². The number of likely N-dealkylation sites (N-methyl/N-ethyl adjacent to an activating group) is 2. The predicted molar refractivity (Wildman–Crippen MR) is 96.1 cm³/mol. The first-order valence-electron chi connectivity index (χ1n) is 8.52. The van der Waals surface area contributed by atoms with Gasteiger partial charge in [0, 0.05) is 37.8 Å². The van der Waals surface area contributed by atoms with Crippen LogP contribution in [0.3, 0.4) is 0 Å². The van der Waals surface area contributed by atoms with E-state index in [1.165, 1.54) is 0 Å². The zero-order chi connectivity index (χ0) is 17.6. The Morgan fingerprint density at radius 2 is 2.04 bits per heavy atom. The van der Waals surface area contributed by atoms with Crippen LogP contribution in [0.25, 0.3) is 11.5 Å². The van der Waals surface area contributed by atoms with Crippen molar-refractivity contribution in [1.29, 1.82) is 0 Å². The van der Waals surface area contributed by atoms with Crippen LogP contribution in [-0.4, -0.2) is 67.1 Å². The number of amides is 2. The molecule has 3 rings (SSSR count). The van der Waals surface area contributed by atoms with Gasteiger partial charge in [0.05, 0.1) is 12.2 Å². The number of nitrogens with zero attached hydrogens (tertiary/aromatic N) is 3. The highest BCUT2D eigenvalue weighted by Crippen LogP contribution is 2.17. The van der Waals surface area contributed by atoms with Gasteiger partial charge in [-0.2, -0.15) is 0 Å². The second-order valence-corrected chi connectivity index (χ2v) is 6.47. The quantitative estimate of drug-likeness (QED) is 0.858. The molecule has 0 bridgehead atoms. The highest BCUT2D eigenvalue weighted by atomic mass is 16.3. The minimum Gasteiger partial charge on any atom is -0.444 e. The van der Waals surface area contributed by atoms with Crippen molar-refractivity contribution >= 4 is 6.03 Å². The molecular formula is C18H25N5O2. The Labute approximate surface area is 148 Å². The fraction of sp³-hybridized carbons (Fsp3) is 0.444. The fourth-order valence-electron chi connectivity index (χ4n) is 2.87. The average Bonchev–Trinajstić information content (AvgIpc) is 3.10. The molecule has 1 aliphatic heterocycles. The lowest BCUT2D eigenvalue weighted by molar-refractivity contribution is 0.114. The normalized spacial score (nSPS) is 18.9. The number of rotatable bonds is 5. The molecule has 0 aliphatic carbocycles. The highest BCUT2D eigenvalue weighted by Gasteiger charge is 2.22. The van der Waals surface area contributed by atoms with Gasteiger partial charge in [0.15, 0.2) is 0 Å². The molecule has 7 nitrogen and oxygen atoms in total. The van der Waals surface area contributed by atoms with Crippen LogP contribution < -0.4 is 10.6 Å². The third-order valence-corrected chi connectivity index (χ3v) is 4.48. The van der Waals surface area contributed by atoms with Crippen LogP contribution in [0.5, 0.6) is 0 Å². The maximum atomic E-state index is 12.0. The lowest BCUT2D eigenvalue weighted by Gasteiger charge is -2.37. The maximum Gasteiger partial charge on any atom is 0.315 e. The Morgan fingerprint density at radius 3 is 2.84 bits per heavy atom. The molecule has 2 amide bonds. The molecule has 134 valence electrons. The topological polar surface area (TPSA) is 73.6 Å². The van der Waals surface area contributed by atoms with Crippen molar-refractivity contribution in [3.05, 3.63) is 42.3 Å². The van der Waals surface area contributed by atoms with Gasteiger partial charge in [-0.3, -0.25) is 4.90 Å². The van der Waals surface area contributed by atoms with Crippen LogP contribution in [-0.2, 0) is 6.54 Å². The lowest BCUT2D eigenvalue weighted by Crippen LogP contribution is -2.55. The third kappa shape index (κ3) is 4.80. The zero-order valence-corrected chi connectivity index (χ0v) is 14.7. The molecule has 1 aromatic heterocycles. The van der Waals surface area contributed by atoms with Crippen molar-refractivity contribution in [2.24, 2.45) is 0 Å². The molecule has 7 heteroatoms. The Morgan fingerprint density at radius 1 is 1.24 bits per heavy atom. The summed E-state index contributed by atoms with van der Waals surface area (Å²) in [5, 5.41) is 5.76. The number of oxazole rings is 1. The van der Waals surface area contributed by atoms with Crippen LogP contribution in [0.2, 0.25) is 0 Å². The van der Waals surface area contributed by atoms with Crippen molar-refractivity contribution in [1.82, 2.24) is 25.4 Å². The molecule has 1 aliphatic rings. The molecular weight excluding hydrogens is 318 g/mol. The molecule has 2 heterocycles. The van der Waals surface area contributed by atoms with Crippen molar-refractivity contribution < 1.29 is 9.21 Å². The van der Waals surface area contributed by atoms with E-state index in [1.54, 1.807) is 6.26 Å². The molecule has 1 aromatic carbocycles. The molecule has 0 spiro atoms. The summed E-state index contributed by atoms with van der Waals surface area (Å²) in [6.45, 7) is 4.00. The Bertz CT molecular complexity index is 688. The first kappa shape index (κ1) is 17.4. The van der Waals surface area contributed by atoms with Crippen LogP contribution in [0.1, 0.15) is 5.69 Å². The second kappa shape index (κ2) is 8.13. The Balaban J connectivity index is 1.44. The Kier molecular flexibility index (Phi) is 5.67. The smallest absolute Gasteiger partial charge is 0.315 e. The van der Waals surface area contributed by atoms with Crippen LogP contribution in [0.4, 0.5) is 4.79 Å². The van der Waals surface area contributed by atoms with Gasteiger partial charge in [0.2, 0.25) is 5.89 Å². The van der Waals surface area contributed by atoms with E-state index in [9.17, 15) is 4.79 Å². The number of carbonyl (C=O) groups excluding carboxylic acids is 1. The van der Waals surface area contributed by atoms with Gasteiger partial charge in [-0.25, -0.2) is 9.78 Å². The van der Waals surface area contributed by atoms with E-state index in [2.05, 4.69) is 39.5 Å². The average molecular weight is 343 g/mol. The first-order chi connectivity index (χ1) is 12.1. The number of nitrogens with one attached hydrogen (secondary N) is 2. The predicted octanol–water partition coefficient (Wildman–Crippen LogP) is 1.39. The van der Waals surface area contributed by atoms with Gasteiger partial charge in [0.1, 0.15) is 6.26 Å². The fourth-order valence-corrected chi connectivity index (χ4v) is 2.87. The monoisotopic (exact) mass is 343 g/mol. The Hall–Kier alpha value is -2.38. The number of hydrogen-bond donors (Lipinski definition) is 2. The van der Waals surface area contributed by atoms with Gasteiger partial charge < -0.3 is 20.0 Å². The van der Waals surface area contributed by atoms with Crippen molar-refractivity contribution in [2.45, 2.75) is 12.6 Å². The van der Waals surface area contributed by atoms with Crippen molar-refractivity contribution in [2.75, 3.05) is 40.3 Å². The molecule has 25 heavy (non-hydrogen) atoms. The van der Waals surface area contributed by atoms with E-state index in [4.69, 9.17) is 4.42 Å². The van der Waals surface area contributed by atoms with Gasteiger partial charge in [-0.15, -0.1) is 0 Å². The molecule has 2 aromatic rings. The molecule has 0 radical (unpaired) electrons. The summed E-state index contributed by atoms with van der Waals surface area (Å²) in [6, 6.07) is 9.84.